The maximum Gasteiger partial charge on any atom is 0.260 e. The van der Waals surface area contributed by atoms with Gasteiger partial charge in [-0.15, -0.1) is 11.6 Å². The fourth-order valence-electron chi connectivity index (χ4n) is 2.04. The van der Waals surface area contributed by atoms with Gasteiger partial charge in [0.25, 0.3) is 5.91 Å². The molecule has 2 unspecified atom stereocenters. The van der Waals surface area contributed by atoms with E-state index in [0.717, 1.165) is 0 Å². The molecule has 0 N–H and O–H groups in total. The van der Waals surface area contributed by atoms with Crippen molar-refractivity contribution < 1.29 is 14.3 Å². The van der Waals surface area contributed by atoms with Crippen LogP contribution in [-0.2, 0) is 9.53 Å². The van der Waals surface area contributed by atoms with E-state index in [0.29, 0.717) is 29.8 Å². The van der Waals surface area contributed by atoms with Gasteiger partial charge in [0.2, 0.25) is 0 Å². The van der Waals surface area contributed by atoms with Gasteiger partial charge in [-0.3, -0.25) is 4.79 Å². The molecule has 6 heteroatoms. The van der Waals surface area contributed by atoms with Crippen molar-refractivity contribution in [2.24, 2.45) is 0 Å². The molecule has 1 saturated heterocycles. The lowest BCUT2D eigenvalue weighted by atomic mass is 10.2. The minimum atomic E-state index is -0.108. The summed E-state index contributed by atoms with van der Waals surface area (Å²) in [6.45, 7) is 2.93. The Morgan fingerprint density at radius 2 is 2.35 bits per heavy atom. The lowest BCUT2D eigenvalue weighted by Gasteiger charge is -2.37. The average molecular weight is 318 g/mol. The van der Waals surface area contributed by atoms with Gasteiger partial charge < -0.3 is 14.4 Å². The van der Waals surface area contributed by atoms with E-state index in [-0.39, 0.29) is 24.7 Å². The number of amides is 1. The highest BCUT2D eigenvalue weighted by Gasteiger charge is 2.29. The topological polar surface area (TPSA) is 38.8 Å². The molecular formula is C14H17Cl2NO3. The second-order valence-corrected chi connectivity index (χ2v) is 5.50. The first-order valence-corrected chi connectivity index (χ1v) is 7.37. The molecule has 1 heterocycles. The highest BCUT2D eigenvalue weighted by atomic mass is 35.5. The summed E-state index contributed by atoms with van der Waals surface area (Å²) >= 11 is 11.6. The number of ether oxygens (including phenoxy) is 2. The number of rotatable bonds is 4. The number of carbonyl (C=O) groups excluding carboxylic acids is 1. The van der Waals surface area contributed by atoms with E-state index in [4.69, 9.17) is 32.7 Å². The predicted octanol–water partition coefficient (Wildman–Crippen LogP) is 2.57. The maximum absolute atomic E-state index is 12.2. The Kier molecular flexibility index (Phi) is 5.52. The Hall–Kier alpha value is -0.970. The Morgan fingerprint density at radius 1 is 1.55 bits per heavy atom. The van der Waals surface area contributed by atoms with Crippen LogP contribution in [-0.4, -0.2) is 48.6 Å². The molecule has 0 bridgehead atoms. The van der Waals surface area contributed by atoms with Gasteiger partial charge in [-0.05, 0) is 25.1 Å². The van der Waals surface area contributed by atoms with Crippen LogP contribution in [0.1, 0.15) is 6.92 Å². The number of hydrogen-bond donors (Lipinski definition) is 0. The lowest BCUT2D eigenvalue weighted by molar-refractivity contribution is -0.145. The zero-order chi connectivity index (χ0) is 14.5. The lowest BCUT2D eigenvalue weighted by Crippen LogP contribution is -2.52. The maximum atomic E-state index is 12.2. The van der Waals surface area contributed by atoms with E-state index in [1.807, 2.05) is 6.92 Å². The molecule has 1 amide bonds. The molecule has 4 nitrogen and oxygen atoms in total. The minimum absolute atomic E-state index is 0.0142. The summed E-state index contributed by atoms with van der Waals surface area (Å²) in [7, 11) is 0. The Balaban J connectivity index is 1.90. The quantitative estimate of drug-likeness (QED) is 0.801. The van der Waals surface area contributed by atoms with Gasteiger partial charge in [0.15, 0.2) is 6.61 Å². The van der Waals surface area contributed by atoms with Crippen molar-refractivity contribution in [3.05, 3.63) is 29.3 Å². The third kappa shape index (κ3) is 4.01. The molecule has 1 aromatic rings. The van der Waals surface area contributed by atoms with Gasteiger partial charge in [-0.2, -0.15) is 0 Å². The Labute approximate surface area is 128 Å². The standard InChI is InChI=1S/C14H17Cl2NO3/c1-10-8-19-13(6-15)7-17(10)14(18)9-20-12-4-2-3-11(16)5-12/h2-5,10,13H,6-9H2,1H3. The zero-order valence-corrected chi connectivity index (χ0v) is 12.7. The number of halogens is 2. The molecule has 0 spiro atoms. The van der Waals surface area contributed by atoms with Crippen LogP contribution in [0.3, 0.4) is 0 Å². The number of alkyl halides is 1. The monoisotopic (exact) mass is 317 g/mol. The van der Waals surface area contributed by atoms with Gasteiger partial charge in [0.05, 0.1) is 24.6 Å². The number of benzene rings is 1. The smallest absolute Gasteiger partial charge is 0.260 e. The van der Waals surface area contributed by atoms with Crippen LogP contribution in [0.25, 0.3) is 0 Å². The van der Waals surface area contributed by atoms with E-state index in [9.17, 15) is 4.79 Å². The molecule has 0 radical (unpaired) electrons. The number of carbonyl (C=O) groups is 1. The number of hydrogen-bond acceptors (Lipinski definition) is 3. The first kappa shape index (κ1) is 15.4. The second kappa shape index (κ2) is 7.16. The van der Waals surface area contributed by atoms with Gasteiger partial charge in [0.1, 0.15) is 5.75 Å². The molecule has 110 valence electrons. The van der Waals surface area contributed by atoms with Crippen LogP contribution in [0.2, 0.25) is 5.02 Å². The van der Waals surface area contributed by atoms with Crippen molar-refractivity contribution >= 4 is 29.1 Å². The van der Waals surface area contributed by atoms with Crippen molar-refractivity contribution in [3.63, 3.8) is 0 Å². The Bertz CT molecular complexity index is 469. The number of nitrogens with zero attached hydrogens (tertiary/aromatic N) is 1. The molecule has 1 aliphatic heterocycles. The average Bonchev–Trinajstić information content (AvgIpc) is 2.45. The van der Waals surface area contributed by atoms with E-state index < -0.39 is 0 Å². The fourth-order valence-corrected chi connectivity index (χ4v) is 2.41. The molecule has 1 fully saturated rings. The minimum Gasteiger partial charge on any atom is -0.484 e. The summed E-state index contributed by atoms with van der Waals surface area (Å²) in [5.41, 5.74) is 0. The fraction of sp³-hybridized carbons (Fsp3) is 0.500. The Morgan fingerprint density at radius 3 is 3.05 bits per heavy atom. The summed E-state index contributed by atoms with van der Waals surface area (Å²) < 4.78 is 11.0. The summed E-state index contributed by atoms with van der Waals surface area (Å²) in [5.74, 6) is 0.891. The first-order valence-electron chi connectivity index (χ1n) is 6.45. The molecule has 2 rings (SSSR count). The van der Waals surface area contributed by atoms with E-state index >= 15 is 0 Å². The molecule has 1 aliphatic rings. The van der Waals surface area contributed by atoms with Gasteiger partial charge in [-0.1, -0.05) is 17.7 Å². The third-order valence-electron chi connectivity index (χ3n) is 3.16. The molecule has 0 aliphatic carbocycles. The number of morpholine rings is 1. The largest absolute Gasteiger partial charge is 0.484 e. The molecule has 20 heavy (non-hydrogen) atoms. The van der Waals surface area contributed by atoms with Crippen molar-refractivity contribution in [3.8, 4) is 5.75 Å². The third-order valence-corrected chi connectivity index (χ3v) is 3.74. The van der Waals surface area contributed by atoms with Crippen molar-refractivity contribution in [2.45, 2.75) is 19.1 Å². The summed E-state index contributed by atoms with van der Waals surface area (Å²) in [6, 6.07) is 7.02. The SMILES string of the molecule is CC1COC(CCl)CN1C(=O)COc1cccc(Cl)c1. The van der Waals surface area contributed by atoms with E-state index in [2.05, 4.69) is 0 Å². The molecular weight excluding hydrogens is 301 g/mol. The molecule has 0 aromatic heterocycles. The second-order valence-electron chi connectivity index (χ2n) is 4.75. The first-order chi connectivity index (χ1) is 9.60. The van der Waals surface area contributed by atoms with Crippen LogP contribution in [0.5, 0.6) is 5.75 Å². The van der Waals surface area contributed by atoms with Crippen molar-refractivity contribution in [1.29, 1.82) is 0 Å². The van der Waals surface area contributed by atoms with E-state index in [1.54, 1.807) is 29.2 Å². The van der Waals surface area contributed by atoms with Crippen LogP contribution in [0.15, 0.2) is 24.3 Å². The van der Waals surface area contributed by atoms with Crippen molar-refractivity contribution in [1.82, 2.24) is 4.90 Å². The normalized spacial score (nSPS) is 22.6. The highest BCUT2D eigenvalue weighted by Crippen LogP contribution is 2.18. The van der Waals surface area contributed by atoms with Crippen LogP contribution in [0, 0.1) is 0 Å². The predicted molar refractivity (Wildman–Crippen MR) is 78.6 cm³/mol. The van der Waals surface area contributed by atoms with Gasteiger partial charge in [-0.25, -0.2) is 0 Å². The highest BCUT2D eigenvalue weighted by molar-refractivity contribution is 6.30. The zero-order valence-electron chi connectivity index (χ0n) is 11.2. The van der Waals surface area contributed by atoms with Gasteiger partial charge in [0, 0.05) is 11.6 Å². The van der Waals surface area contributed by atoms with Crippen LogP contribution < -0.4 is 4.74 Å². The molecule has 1 aromatic carbocycles. The molecule has 2 atom stereocenters. The summed E-state index contributed by atoms with van der Waals surface area (Å²) in [4.78, 5) is 13.9. The summed E-state index contributed by atoms with van der Waals surface area (Å²) in [5, 5.41) is 0.580. The summed E-state index contributed by atoms with van der Waals surface area (Å²) in [6.07, 6.45) is -0.108. The van der Waals surface area contributed by atoms with E-state index in [1.165, 1.54) is 0 Å². The van der Waals surface area contributed by atoms with Crippen LogP contribution in [0.4, 0.5) is 0 Å². The van der Waals surface area contributed by atoms with Gasteiger partial charge >= 0.3 is 0 Å². The molecule has 0 saturated carbocycles. The van der Waals surface area contributed by atoms with Crippen molar-refractivity contribution in [2.75, 3.05) is 25.6 Å². The van der Waals surface area contributed by atoms with Crippen LogP contribution >= 0.6 is 23.2 Å².